The van der Waals surface area contributed by atoms with E-state index in [0.29, 0.717) is 40.6 Å². The first kappa shape index (κ1) is 26.7. The van der Waals surface area contributed by atoms with Crippen LogP contribution in [-0.2, 0) is 27.6 Å². The largest absolute Gasteiger partial charge is 0.516 e. The Morgan fingerprint density at radius 1 is 1.14 bits per heavy atom. The van der Waals surface area contributed by atoms with Crippen molar-refractivity contribution in [3.05, 3.63) is 64.6 Å². The summed E-state index contributed by atoms with van der Waals surface area (Å²) in [4.78, 5) is 17.6. The number of sulfonamides is 1. The third-order valence-corrected chi connectivity index (χ3v) is 7.56. The molecule has 198 valence electrons. The van der Waals surface area contributed by atoms with E-state index in [1.165, 1.54) is 5.01 Å². The molecule has 0 amide bonds. The van der Waals surface area contributed by atoms with Gasteiger partial charge in [-0.25, -0.2) is 9.29 Å². The summed E-state index contributed by atoms with van der Waals surface area (Å²) in [7, 11) is -4.58. The van der Waals surface area contributed by atoms with Crippen molar-refractivity contribution < 1.29 is 31.1 Å². The Labute approximate surface area is 216 Å². The molecule has 0 saturated heterocycles. The number of methoxy groups -OCH3 is 1. The van der Waals surface area contributed by atoms with Crippen LogP contribution >= 0.6 is 11.6 Å². The van der Waals surface area contributed by atoms with Gasteiger partial charge >= 0.3 is 21.6 Å². The van der Waals surface area contributed by atoms with E-state index in [1.54, 1.807) is 47.0 Å². The minimum absolute atomic E-state index is 0.0768. The average molecular weight is 558 g/mol. The number of nitrogens with zero attached hydrogens (tertiary/aromatic N) is 5. The molecule has 0 bridgehead atoms. The Kier molecular flexibility index (Phi) is 7.38. The lowest BCUT2D eigenvalue weighted by molar-refractivity contribution is -0.0477. The van der Waals surface area contributed by atoms with Gasteiger partial charge in [-0.1, -0.05) is 30.7 Å². The molecule has 2 aromatic heterocycles. The molecule has 0 spiro atoms. The van der Waals surface area contributed by atoms with E-state index in [2.05, 4.69) is 10.1 Å². The number of ketones is 1. The maximum atomic E-state index is 13.1. The molecule has 0 aliphatic carbocycles. The Hall–Kier alpha value is -3.32. The number of imidazole rings is 1. The van der Waals surface area contributed by atoms with Gasteiger partial charge in [-0.3, -0.25) is 14.2 Å². The predicted molar refractivity (Wildman–Crippen MR) is 132 cm³/mol. The summed E-state index contributed by atoms with van der Waals surface area (Å²) in [6.07, 6.45) is 2.93. The topological polar surface area (TPSA) is 96.6 Å². The fraction of sp³-hybridized carbons (Fsp3) is 0.348. The van der Waals surface area contributed by atoms with Crippen LogP contribution in [0.2, 0.25) is 5.02 Å². The molecule has 3 aromatic rings. The van der Waals surface area contributed by atoms with Crippen LogP contribution in [0.5, 0.6) is 0 Å². The number of carbonyl (C=O) groups is 1. The van der Waals surface area contributed by atoms with E-state index >= 15 is 0 Å². The van der Waals surface area contributed by atoms with Crippen molar-refractivity contribution in [2.45, 2.75) is 31.7 Å². The summed E-state index contributed by atoms with van der Waals surface area (Å²) in [6.45, 7) is 1.32. The van der Waals surface area contributed by atoms with Crippen LogP contribution < -0.4 is 5.01 Å². The number of amidine groups is 1. The zero-order valence-electron chi connectivity index (χ0n) is 19.9. The standard InChI is InChI=1S/C23H23ClF3N5O4S/c1-3-18-21(30-14-16(24)7-11-20(30)28-18)19(33)10-6-15-4-8-17(9-5-15)31-12-13-32(22(29-31)36-2)37(34,35)23(25,26)27/h4-5,7-9,11,14H,3,6,10,12-13H2,1-2H3. The molecule has 0 N–H and O–H groups in total. The van der Waals surface area contributed by atoms with Crippen molar-refractivity contribution in [3.63, 3.8) is 0 Å². The van der Waals surface area contributed by atoms with Crippen LogP contribution in [0.4, 0.5) is 18.9 Å². The lowest BCUT2D eigenvalue weighted by atomic mass is 10.0. The normalized spacial score (nSPS) is 14.7. The summed E-state index contributed by atoms with van der Waals surface area (Å²) in [6, 6.07) is 9.72. The number of aromatic nitrogens is 2. The molecule has 1 aliphatic rings. The second-order valence-corrected chi connectivity index (χ2v) is 10.4. The summed E-state index contributed by atoms with van der Waals surface area (Å²) < 4.78 is 69.1. The minimum atomic E-state index is -5.62. The van der Waals surface area contributed by atoms with Gasteiger partial charge in [0.2, 0.25) is 0 Å². The van der Waals surface area contributed by atoms with Gasteiger partial charge in [0, 0.05) is 12.6 Å². The molecule has 0 saturated carbocycles. The van der Waals surface area contributed by atoms with Crippen molar-refractivity contribution in [1.82, 2.24) is 13.7 Å². The van der Waals surface area contributed by atoms with Crippen LogP contribution in [-0.4, -0.2) is 59.6 Å². The van der Waals surface area contributed by atoms with Gasteiger partial charge in [0.25, 0.3) is 0 Å². The lowest BCUT2D eigenvalue weighted by Crippen LogP contribution is -2.51. The SMILES string of the molecule is CCc1nc2ccc(Cl)cn2c1C(=O)CCc1ccc(N2CCN(S(=O)(=O)C(F)(F)F)C(OC)=N2)cc1. The Balaban J connectivity index is 1.47. The van der Waals surface area contributed by atoms with Crippen LogP contribution in [0.3, 0.4) is 0 Å². The number of alkyl halides is 3. The summed E-state index contributed by atoms with van der Waals surface area (Å²) >= 11 is 6.10. The number of anilines is 1. The molecule has 9 nitrogen and oxygen atoms in total. The molecule has 37 heavy (non-hydrogen) atoms. The van der Waals surface area contributed by atoms with Crippen molar-refractivity contribution in [2.24, 2.45) is 5.10 Å². The Morgan fingerprint density at radius 3 is 2.46 bits per heavy atom. The molecule has 1 aliphatic heterocycles. The van der Waals surface area contributed by atoms with Gasteiger partial charge in [0.15, 0.2) is 5.78 Å². The highest BCUT2D eigenvalue weighted by atomic mass is 35.5. The number of aryl methyl sites for hydroxylation is 2. The first-order valence-electron chi connectivity index (χ1n) is 11.2. The number of hydrazone groups is 1. The average Bonchev–Trinajstić information content (AvgIpc) is 3.24. The number of carbonyl (C=O) groups excluding carboxylic acids is 1. The Morgan fingerprint density at radius 2 is 1.84 bits per heavy atom. The van der Waals surface area contributed by atoms with E-state index < -0.39 is 28.1 Å². The van der Waals surface area contributed by atoms with Crippen molar-refractivity contribution in [2.75, 3.05) is 25.2 Å². The molecule has 0 fully saturated rings. The summed E-state index contributed by atoms with van der Waals surface area (Å²) in [5.74, 6) is -0.0768. The smallest absolute Gasteiger partial charge is 0.467 e. The zero-order chi connectivity index (χ0) is 27.0. The lowest BCUT2D eigenvalue weighted by Gasteiger charge is -2.32. The molecular weight excluding hydrogens is 535 g/mol. The fourth-order valence-electron chi connectivity index (χ4n) is 3.98. The number of halogens is 4. The van der Waals surface area contributed by atoms with Gasteiger partial charge in [-0.05, 0) is 42.7 Å². The number of benzene rings is 1. The number of hydrogen-bond acceptors (Lipinski definition) is 7. The summed E-state index contributed by atoms with van der Waals surface area (Å²) in [5.41, 5.74) is -2.24. The second-order valence-electron chi connectivity index (χ2n) is 8.16. The highest BCUT2D eigenvalue weighted by Gasteiger charge is 2.52. The molecule has 14 heteroatoms. The van der Waals surface area contributed by atoms with Gasteiger partial charge in [0.1, 0.15) is 11.3 Å². The first-order valence-corrected chi connectivity index (χ1v) is 13.1. The molecule has 0 unspecified atom stereocenters. The quantitative estimate of drug-likeness (QED) is 0.403. The number of ether oxygens (including phenoxy) is 1. The highest BCUT2D eigenvalue weighted by Crippen LogP contribution is 2.29. The molecule has 0 radical (unpaired) electrons. The van der Waals surface area contributed by atoms with E-state index in [0.717, 1.165) is 12.7 Å². The van der Waals surface area contributed by atoms with E-state index in [4.69, 9.17) is 16.3 Å². The van der Waals surface area contributed by atoms with Crippen molar-refractivity contribution in [1.29, 1.82) is 0 Å². The first-order chi connectivity index (χ1) is 17.5. The van der Waals surface area contributed by atoms with E-state index in [-0.39, 0.29) is 23.1 Å². The monoisotopic (exact) mass is 557 g/mol. The van der Waals surface area contributed by atoms with E-state index in [9.17, 15) is 26.4 Å². The maximum absolute atomic E-state index is 13.1. The van der Waals surface area contributed by atoms with Crippen LogP contribution in [0.1, 0.15) is 35.1 Å². The number of Topliss-reactive ketones (excluding diaryl/α,β-unsaturated/α-hetero) is 1. The predicted octanol–water partition coefficient (Wildman–Crippen LogP) is 4.25. The zero-order valence-corrected chi connectivity index (χ0v) is 21.4. The third-order valence-electron chi connectivity index (χ3n) is 5.83. The molecule has 0 atom stereocenters. The Bertz CT molecular complexity index is 1460. The van der Waals surface area contributed by atoms with Gasteiger partial charge in [-0.15, -0.1) is 5.10 Å². The second kappa shape index (κ2) is 10.2. The van der Waals surface area contributed by atoms with Crippen LogP contribution in [0, 0.1) is 0 Å². The van der Waals surface area contributed by atoms with Crippen molar-refractivity contribution >= 4 is 44.8 Å². The minimum Gasteiger partial charge on any atom is -0.467 e. The molecule has 1 aromatic carbocycles. The number of pyridine rings is 1. The fourth-order valence-corrected chi connectivity index (χ4v) is 5.03. The number of hydrogen-bond donors (Lipinski definition) is 0. The third kappa shape index (κ3) is 5.23. The molecular formula is C23H23ClF3N5O4S. The molecule has 3 heterocycles. The van der Waals surface area contributed by atoms with Crippen LogP contribution in [0.25, 0.3) is 5.65 Å². The number of fused-ring (bicyclic) bond motifs is 1. The summed E-state index contributed by atoms with van der Waals surface area (Å²) in [5, 5.41) is 5.77. The van der Waals surface area contributed by atoms with Crippen LogP contribution in [0.15, 0.2) is 47.7 Å². The highest BCUT2D eigenvalue weighted by molar-refractivity contribution is 7.90. The number of rotatable bonds is 7. The van der Waals surface area contributed by atoms with Gasteiger partial charge in [0.05, 0.1) is 36.6 Å². The van der Waals surface area contributed by atoms with Crippen molar-refractivity contribution in [3.8, 4) is 0 Å². The molecule has 4 rings (SSSR count). The van der Waals surface area contributed by atoms with Gasteiger partial charge < -0.3 is 4.74 Å². The maximum Gasteiger partial charge on any atom is 0.516 e. The van der Waals surface area contributed by atoms with E-state index in [1.807, 2.05) is 6.92 Å². The van der Waals surface area contributed by atoms with Gasteiger partial charge in [-0.2, -0.15) is 21.6 Å².